The molecule has 1 aliphatic heterocycles. The molecule has 0 aromatic carbocycles. The second kappa shape index (κ2) is 6.31. The first-order chi connectivity index (χ1) is 8.73. The van der Waals surface area contributed by atoms with Crippen molar-refractivity contribution in [3.63, 3.8) is 0 Å². The maximum absolute atomic E-state index is 12.3. The lowest BCUT2D eigenvalue weighted by molar-refractivity contribution is -0.137. The molecule has 0 aromatic rings. The zero-order valence-electron chi connectivity index (χ0n) is 10.8. The molecule has 1 amide bonds. The minimum Gasteiger partial charge on any atom is -0.480 e. The van der Waals surface area contributed by atoms with Crippen LogP contribution in [0.1, 0.15) is 19.8 Å². The lowest BCUT2D eigenvalue weighted by atomic mass is 10.0. The monoisotopic (exact) mass is 293 g/mol. The first-order valence-electron chi connectivity index (χ1n) is 5.98. The number of hydrogen-bond acceptors (Lipinski definition) is 4. The molecule has 0 aliphatic carbocycles. The van der Waals surface area contributed by atoms with Gasteiger partial charge in [0, 0.05) is 13.1 Å². The summed E-state index contributed by atoms with van der Waals surface area (Å²) in [4.78, 5) is 21.6. The molecule has 1 saturated heterocycles. The van der Waals surface area contributed by atoms with E-state index in [4.69, 9.17) is 10.8 Å². The quantitative estimate of drug-likeness (QED) is 0.639. The molecule has 1 aliphatic rings. The minimum absolute atomic E-state index is 0.212. The Hall–Kier alpha value is -1.19. The van der Waals surface area contributed by atoms with Gasteiger partial charge in [0.05, 0.1) is 6.54 Å². The molecular weight excluding hydrogens is 274 g/mol. The van der Waals surface area contributed by atoms with E-state index in [0.717, 1.165) is 12.8 Å². The Balaban J connectivity index is 2.90. The van der Waals surface area contributed by atoms with E-state index in [9.17, 15) is 18.0 Å². The number of amides is 1. The molecule has 9 heteroatoms. The van der Waals surface area contributed by atoms with Crippen LogP contribution in [0.4, 0.5) is 0 Å². The number of carbonyl (C=O) groups excluding carboxylic acids is 1. The van der Waals surface area contributed by atoms with Crippen LogP contribution in [-0.4, -0.2) is 60.2 Å². The summed E-state index contributed by atoms with van der Waals surface area (Å²) in [6, 6.07) is 0. The maximum atomic E-state index is 12.3. The molecule has 0 aromatic heterocycles. The summed E-state index contributed by atoms with van der Waals surface area (Å²) < 4.78 is 26.4. The van der Waals surface area contributed by atoms with Crippen LogP contribution in [0, 0.1) is 5.92 Å². The highest BCUT2D eigenvalue weighted by Gasteiger charge is 2.34. The number of piperidine rings is 1. The number of hydrogen-bond donors (Lipinski definition) is 2. The van der Waals surface area contributed by atoms with Crippen molar-refractivity contribution in [3.8, 4) is 0 Å². The van der Waals surface area contributed by atoms with Gasteiger partial charge in [0.25, 0.3) is 10.2 Å². The van der Waals surface area contributed by atoms with Crippen LogP contribution in [0.25, 0.3) is 0 Å². The summed E-state index contributed by atoms with van der Waals surface area (Å²) in [5.41, 5.74) is 4.97. The average molecular weight is 293 g/mol. The Labute approximate surface area is 112 Å². The summed E-state index contributed by atoms with van der Waals surface area (Å²) in [5.74, 6) is -1.99. The molecule has 3 N–H and O–H groups in total. The number of carbonyl (C=O) groups is 2. The highest BCUT2D eigenvalue weighted by molar-refractivity contribution is 7.86. The largest absolute Gasteiger partial charge is 0.480 e. The summed E-state index contributed by atoms with van der Waals surface area (Å²) in [6.45, 7) is 1.20. The van der Waals surface area contributed by atoms with E-state index in [2.05, 4.69) is 0 Å². The van der Waals surface area contributed by atoms with Gasteiger partial charge in [-0.1, -0.05) is 6.92 Å². The molecule has 1 fully saturated rings. The van der Waals surface area contributed by atoms with Gasteiger partial charge >= 0.3 is 5.97 Å². The van der Waals surface area contributed by atoms with Crippen molar-refractivity contribution in [1.82, 2.24) is 8.61 Å². The predicted molar refractivity (Wildman–Crippen MR) is 67.3 cm³/mol. The van der Waals surface area contributed by atoms with Gasteiger partial charge in [-0.25, -0.2) is 0 Å². The normalized spacial score (nSPS) is 21.5. The first kappa shape index (κ1) is 15.9. The second-order valence-corrected chi connectivity index (χ2v) is 6.67. The van der Waals surface area contributed by atoms with E-state index in [1.807, 2.05) is 6.92 Å². The van der Waals surface area contributed by atoms with Crippen molar-refractivity contribution in [3.05, 3.63) is 0 Å². The van der Waals surface area contributed by atoms with Gasteiger partial charge in [0.15, 0.2) is 0 Å². The number of nitrogens with zero attached hydrogens (tertiary/aromatic N) is 2. The van der Waals surface area contributed by atoms with Gasteiger partial charge in [0.2, 0.25) is 5.91 Å². The fourth-order valence-electron chi connectivity index (χ4n) is 2.06. The lowest BCUT2D eigenvalue weighted by Gasteiger charge is -2.33. The fraction of sp³-hybridized carbons (Fsp3) is 0.800. The molecule has 0 radical (unpaired) electrons. The summed E-state index contributed by atoms with van der Waals surface area (Å²) >= 11 is 0. The Morgan fingerprint density at radius 2 is 2.05 bits per heavy atom. The molecule has 1 rings (SSSR count). The van der Waals surface area contributed by atoms with E-state index in [0.29, 0.717) is 17.4 Å². The molecule has 0 spiro atoms. The van der Waals surface area contributed by atoms with Crippen LogP contribution in [0.5, 0.6) is 0 Å². The molecule has 0 saturated carbocycles. The zero-order chi connectivity index (χ0) is 14.6. The number of carboxylic acid groups (broad SMARTS) is 1. The van der Waals surface area contributed by atoms with Crippen LogP contribution in [0.3, 0.4) is 0 Å². The van der Waals surface area contributed by atoms with Crippen LogP contribution < -0.4 is 5.73 Å². The Morgan fingerprint density at radius 3 is 2.53 bits per heavy atom. The van der Waals surface area contributed by atoms with E-state index >= 15 is 0 Å². The molecule has 8 nitrogen and oxygen atoms in total. The Kier molecular flexibility index (Phi) is 5.27. The first-order valence-corrected chi connectivity index (χ1v) is 7.38. The third-order valence-corrected chi connectivity index (χ3v) is 4.81. The topological polar surface area (TPSA) is 121 Å². The summed E-state index contributed by atoms with van der Waals surface area (Å²) in [5, 5.41) is 8.73. The SMILES string of the molecule is CC1CCCN(S(=O)(=O)N(CC(N)=O)CC(=O)O)C1. The number of aliphatic carboxylic acids is 1. The maximum Gasteiger partial charge on any atom is 0.318 e. The summed E-state index contributed by atoms with van der Waals surface area (Å²) in [6.07, 6.45) is 1.65. The van der Waals surface area contributed by atoms with Crippen molar-refractivity contribution < 1.29 is 23.1 Å². The third kappa shape index (κ3) is 4.44. The van der Waals surface area contributed by atoms with Crippen molar-refractivity contribution in [2.45, 2.75) is 19.8 Å². The van der Waals surface area contributed by atoms with Gasteiger partial charge in [-0.05, 0) is 18.8 Å². The highest BCUT2D eigenvalue weighted by atomic mass is 32.2. The molecule has 19 heavy (non-hydrogen) atoms. The van der Waals surface area contributed by atoms with Gasteiger partial charge in [-0.15, -0.1) is 0 Å². The lowest BCUT2D eigenvalue weighted by Crippen LogP contribution is -2.51. The molecule has 0 bridgehead atoms. The van der Waals surface area contributed by atoms with Crippen LogP contribution in [0.15, 0.2) is 0 Å². The van der Waals surface area contributed by atoms with Crippen molar-refractivity contribution in [1.29, 1.82) is 0 Å². The van der Waals surface area contributed by atoms with Crippen LogP contribution in [0.2, 0.25) is 0 Å². The minimum atomic E-state index is -3.96. The number of primary amides is 1. The number of rotatable bonds is 6. The van der Waals surface area contributed by atoms with Gasteiger partial charge < -0.3 is 10.8 Å². The van der Waals surface area contributed by atoms with E-state index in [1.54, 1.807) is 0 Å². The molecule has 1 heterocycles. The summed E-state index contributed by atoms with van der Waals surface area (Å²) in [7, 11) is -3.96. The van der Waals surface area contributed by atoms with E-state index in [1.165, 1.54) is 4.31 Å². The second-order valence-electron chi connectivity index (χ2n) is 4.74. The fourth-order valence-corrected chi connectivity index (χ4v) is 3.76. The van der Waals surface area contributed by atoms with Crippen molar-refractivity contribution in [2.24, 2.45) is 11.7 Å². The molecule has 110 valence electrons. The smallest absolute Gasteiger partial charge is 0.318 e. The van der Waals surface area contributed by atoms with E-state index < -0.39 is 35.2 Å². The van der Waals surface area contributed by atoms with Gasteiger partial charge in [-0.2, -0.15) is 17.0 Å². The molecule has 1 atom stereocenters. The molecule has 1 unspecified atom stereocenters. The van der Waals surface area contributed by atoms with Crippen molar-refractivity contribution >= 4 is 22.1 Å². The van der Waals surface area contributed by atoms with Crippen LogP contribution in [-0.2, 0) is 19.8 Å². The predicted octanol–water partition coefficient (Wildman–Crippen LogP) is -1.16. The Morgan fingerprint density at radius 1 is 1.42 bits per heavy atom. The zero-order valence-corrected chi connectivity index (χ0v) is 11.6. The average Bonchev–Trinajstić information content (AvgIpc) is 2.26. The van der Waals surface area contributed by atoms with Gasteiger partial charge in [-0.3, -0.25) is 9.59 Å². The van der Waals surface area contributed by atoms with Crippen molar-refractivity contribution in [2.75, 3.05) is 26.2 Å². The third-order valence-electron chi connectivity index (χ3n) is 2.92. The highest BCUT2D eigenvalue weighted by Crippen LogP contribution is 2.20. The van der Waals surface area contributed by atoms with E-state index in [-0.39, 0.29) is 5.92 Å². The number of carboxylic acids is 1. The van der Waals surface area contributed by atoms with Gasteiger partial charge in [0.1, 0.15) is 6.54 Å². The Bertz CT molecular complexity index is 434. The standard InChI is InChI=1S/C10H19N3O5S/c1-8-3-2-4-12(5-8)19(17,18)13(6-9(11)14)7-10(15)16/h8H,2-7H2,1H3,(H2,11,14)(H,15,16). The number of nitrogens with two attached hydrogens (primary N) is 1. The van der Waals surface area contributed by atoms with Crippen LogP contribution >= 0.6 is 0 Å². The molecular formula is C10H19N3O5S.